The highest BCUT2D eigenvalue weighted by molar-refractivity contribution is 7.91. The van der Waals surface area contributed by atoms with Crippen molar-refractivity contribution in [2.24, 2.45) is 0 Å². The lowest BCUT2D eigenvalue weighted by molar-refractivity contribution is 0.332. The maximum Gasteiger partial charge on any atom is 0.181 e. The van der Waals surface area contributed by atoms with Gasteiger partial charge >= 0.3 is 0 Å². The molecule has 0 spiro atoms. The summed E-state index contributed by atoms with van der Waals surface area (Å²) in [4.78, 5) is 0.338. The van der Waals surface area contributed by atoms with Gasteiger partial charge in [0, 0.05) is 0 Å². The highest BCUT2D eigenvalue weighted by atomic mass is 32.2. The number of rotatable bonds is 5. The Balaban J connectivity index is 1.94. The molecule has 0 saturated carbocycles. The lowest BCUT2D eigenvalue weighted by atomic mass is 9.63. The Kier molecular flexibility index (Phi) is 5.66. The molecule has 0 saturated heterocycles. The van der Waals surface area contributed by atoms with Crippen molar-refractivity contribution in [3.63, 3.8) is 0 Å². The van der Waals surface area contributed by atoms with Crippen molar-refractivity contribution in [3.8, 4) is 0 Å². The second-order valence-corrected chi connectivity index (χ2v) is 11.5. The molecule has 0 radical (unpaired) electrons. The molecule has 0 aliphatic heterocycles. The van der Waals surface area contributed by atoms with Crippen LogP contribution in [-0.4, -0.2) is 14.2 Å². The molecule has 0 aromatic heterocycles. The maximum atomic E-state index is 12.2. The number of allylic oxidation sites excluding steroid dienone is 1. The summed E-state index contributed by atoms with van der Waals surface area (Å²) in [5.74, 6) is -0.0392. The van der Waals surface area contributed by atoms with Crippen LogP contribution in [0.5, 0.6) is 0 Å². The van der Waals surface area contributed by atoms with Gasteiger partial charge in [0.15, 0.2) is 9.84 Å². The van der Waals surface area contributed by atoms with Crippen LogP contribution in [0.25, 0.3) is 11.6 Å². The number of fused-ring (bicyclic) bond motifs is 1. The fourth-order valence-electron chi connectivity index (χ4n) is 4.19. The van der Waals surface area contributed by atoms with E-state index in [1.807, 2.05) is 12.1 Å². The number of sulfone groups is 1. The van der Waals surface area contributed by atoms with Gasteiger partial charge in [0.2, 0.25) is 0 Å². The van der Waals surface area contributed by atoms with E-state index in [1.165, 1.54) is 41.2 Å². The van der Waals surface area contributed by atoms with Crippen LogP contribution in [0.4, 0.5) is 0 Å². The number of hydrogen-bond acceptors (Lipinski definition) is 2. The summed E-state index contributed by atoms with van der Waals surface area (Å²) in [6, 6.07) is 14.0. The Labute approximate surface area is 176 Å². The van der Waals surface area contributed by atoms with Crippen molar-refractivity contribution < 1.29 is 8.42 Å². The largest absolute Gasteiger partial charge is 0.223 e. The van der Waals surface area contributed by atoms with E-state index in [0.717, 1.165) is 5.56 Å². The number of benzene rings is 2. The van der Waals surface area contributed by atoms with Crippen LogP contribution in [-0.2, 0) is 20.7 Å². The van der Waals surface area contributed by atoms with Gasteiger partial charge in [0.25, 0.3) is 0 Å². The Bertz CT molecular complexity index is 1050. The first-order valence-electron chi connectivity index (χ1n) is 10.2. The zero-order valence-corrected chi connectivity index (χ0v) is 19.1. The van der Waals surface area contributed by atoms with E-state index in [2.05, 4.69) is 65.5 Å². The molecule has 2 aromatic carbocycles. The fourth-order valence-corrected chi connectivity index (χ4v) is 5.24. The quantitative estimate of drug-likeness (QED) is 0.415. The zero-order chi connectivity index (χ0) is 21.4. The summed E-state index contributed by atoms with van der Waals surface area (Å²) in [7, 11) is -3.28. The van der Waals surface area contributed by atoms with Crippen molar-refractivity contribution in [1.29, 1.82) is 0 Å². The van der Waals surface area contributed by atoms with Crippen LogP contribution in [0.3, 0.4) is 0 Å². The molecule has 0 atom stereocenters. The Morgan fingerprint density at radius 2 is 1.55 bits per heavy atom. The third-order valence-corrected chi connectivity index (χ3v) is 7.93. The lowest BCUT2D eigenvalue weighted by Crippen LogP contribution is -2.33. The molecule has 0 bridgehead atoms. The minimum Gasteiger partial charge on any atom is -0.223 e. The second kappa shape index (κ2) is 7.60. The minimum absolute atomic E-state index is 0.0392. The van der Waals surface area contributed by atoms with Gasteiger partial charge in [-0.25, -0.2) is 8.42 Å². The van der Waals surface area contributed by atoms with E-state index in [0.29, 0.717) is 4.90 Å². The minimum atomic E-state index is -3.28. The topological polar surface area (TPSA) is 34.1 Å². The van der Waals surface area contributed by atoms with Crippen LogP contribution in [0.1, 0.15) is 69.7 Å². The van der Waals surface area contributed by atoms with Gasteiger partial charge < -0.3 is 0 Å². The van der Waals surface area contributed by atoms with Gasteiger partial charge in [0.1, 0.15) is 0 Å². The smallest absolute Gasteiger partial charge is 0.181 e. The molecular weight excluding hydrogens is 376 g/mol. The predicted octanol–water partition coefficient (Wildman–Crippen LogP) is 6.56. The average molecular weight is 409 g/mol. The second-order valence-electron chi connectivity index (χ2n) is 9.49. The monoisotopic (exact) mass is 408 g/mol. The van der Waals surface area contributed by atoms with Crippen LogP contribution >= 0.6 is 0 Å². The van der Waals surface area contributed by atoms with Crippen molar-refractivity contribution in [2.45, 2.75) is 63.2 Å². The molecule has 3 rings (SSSR count). The molecule has 29 heavy (non-hydrogen) atoms. The summed E-state index contributed by atoms with van der Waals surface area (Å²) in [6.45, 7) is 15.0. The molecule has 0 unspecified atom stereocenters. The summed E-state index contributed by atoms with van der Waals surface area (Å²) in [5, 5.41) is 0. The van der Waals surface area contributed by atoms with Gasteiger partial charge in [-0.1, -0.05) is 70.2 Å². The lowest BCUT2D eigenvalue weighted by Gasteiger charge is -2.42. The van der Waals surface area contributed by atoms with Gasteiger partial charge in [-0.2, -0.15) is 0 Å². The summed E-state index contributed by atoms with van der Waals surface area (Å²) in [6.07, 6.45) is 5.95. The van der Waals surface area contributed by atoms with Crippen LogP contribution in [0.2, 0.25) is 0 Å². The standard InChI is InChI=1S/C26H32O2S/c1-7-16-29(27,28)22-11-8-20(9-12-22)17-19(2)21-10-13-23-24(18-21)26(5,6)15-14-25(23,3)4/h7-13,17-18H,1,14-16H2,2-6H3/b19-17+. The average Bonchev–Trinajstić information content (AvgIpc) is 2.66. The zero-order valence-electron chi connectivity index (χ0n) is 18.2. The first-order chi connectivity index (χ1) is 13.5. The molecular formula is C26H32O2S. The van der Waals surface area contributed by atoms with E-state index in [-0.39, 0.29) is 16.6 Å². The molecule has 2 nitrogen and oxygen atoms in total. The SMILES string of the molecule is C=CCS(=O)(=O)c1ccc(/C=C(\C)c2ccc3c(c2)C(C)(C)CCC3(C)C)cc1. The van der Waals surface area contributed by atoms with E-state index < -0.39 is 9.84 Å². The molecule has 154 valence electrons. The Morgan fingerprint density at radius 1 is 0.966 bits per heavy atom. The highest BCUT2D eigenvalue weighted by Gasteiger charge is 2.36. The molecule has 0 N–H and O–H groups in total. The molecule has 1 aliphatic carbocycles. The molecule has 0 amide bonds. The van der Waals surface area contributed by atoms with Gasteiger partial charge in [-0.15, -0.1) is 6.58 Å². The van der Waals surface area contributed by atoms with Gasteiger partial charge in [-0.3, -0.25) is 0 Å². The third-order valence-electron chi connectivity index (χ3n) is 6.27. The fraction of sp³-hybridized carbons (Fsp3) is 0.385. The first kappa shape index (κ1) is 21.6. The Morgan fingerprint density at radius 3 is 2.14 bits per heavy atom. The molecule has 1 aliphatic rings. The number of hydrogen-bond donors (Lipinski definition) is 0. The van der Waals surface area contributed by atoms with E-state index >= 15 is 0 Å². The normalized spacial score (nSPS) is 18.2. The molecule has 2 aromatic rings. The first-order valence-corrected chi connectivity index (χ1v) is 11.9. The van der Waals surface area contributed by atoms with Crippen molar-refractivity contribution >= 4 is 21.5 Å². The molecule has 3 heteroatoms. The van der Waals surface area contributed by atoms with Gasteiger partial charge in [0.05, 0.1) is 10.6 Å². The third kappa shape index (κ3) is 4.40. The highest BCUT2D eigenvalue weighted by Crippen LogP contribution is 2.46. The van der Waals surface area contributed by atoms with Gasteiger partial charge in [-0.05, 0) is 70.6 Å². The molecule has 0 heterocycles. The summed E-state index contributed by atoms with van der Waals surface area (Å²) < 4.78 is 24.3. The summed E-state index contributed by atoms with van der Waals surface area (Å²) >= 11 is 0. The maximum absolute atomic E-state index is 12.2. The van der Waals surface area contributed by atoms with E-state index in [4.69, 9.17) is 0 Å². The van der Waals surface area contributed by atoms with Crippen LogP contribution in [0.15, 0.2) is 60.0 Å². The Hall–Kier alpha value is -2.13. The molecule has 0 fully saturated rings. The summed E-state index contributed by atoms with van der Waals surface area (Å²) in [5.41, 5.74) is 6.70. The predicted molar refractivity (Wildman–Crippen MR) is 124 cm³/mol. The van der Waals surface area contributed by atoms with Crippen molar-refractivity contribution in [1.82, 2.24) is 0 Å². The van der Waals surface area contributed by atoms with Crippen molar-refractivity contribution in [3.05, 3.63) is 77.4 Å². The van der Waals surface area contributed by atoms with Crippen molar-refractivity contribution in [2.75, 3.05) is 5.75 Å². The van der Waals surface area contributed by atoms with Crippen LogP contribution < -0.4 is 0 Å². The van der Waals surface area contributed by atoms with E-state index in [9.17, 15) is 8.42 Å². The van der Waals surface area contributed by atoms with E-state index in [1.54, 1.807) is 12.1 Å². The van der Waals surface area contributed by atoms with Crippen LogP contribution in [0, 0.1) is 0 Å².